The summed E-state index contributed by atoms with van der Waals surface area (Å²) in [5.74, 6) is 1.83. The van der Waals surface area contributed by atoms with Crippen molar-refractivity contribution in [3.05, 3.63) is 23.8 Å². The second-order valence-electron chi connectivity index (χ2n) is 9.36. The lowest BCUT2D eigenvalue weighted by atomic mass is 9.59. The van der Waals surface area contributed by atoms with E-state index in [9.17, 15) is 14.7 Å². The maximum Gasteiger partial charge on any atom is 0.258 e. The van der Waals surface area contributed by atoms with Gasteiger partial charge in [0.25, 0.3) is 5.91 Å². The summed E-state index contributed by atoms with van der Waals surface area (Å²) in [4.78, 5) is 28.1. The molecule has 2 N–H and O–H groups in total. The highest BCUT2D eigenvalue weighted by molar-refractivity contribution is 5.98. The van der Waals surface area contributed by atoms with Crippen LogP contribution in [0.15, 0.2) is 18.2 Å². The first-order valence-corrected chi connectivity index (χ1v) is 11.1. The summed E-state index contributed by atoms with van der Waals surface area (Å²) >= 11 is 0. The average molecular weight is 415 g/mol. The van der Waals surface area contributed by atoms with Gasteiger partial charge in [-0.1, -0.05) is 0 Å². The first kappa shape index (κ1) is 19.7. The first-order valence-electron chi connectivity index (χ1n) is 11.1. The van der Waals surface area contributed by atoms with E-state index in [2.05, 4.69) is 5.32 Å². The van der Waals surface area contributed by atoms with Gasteiger partial charge in [-0.2, -0.15) is 0 Å². The maximum atomic E-state index is 13.3. The highest BCUT2D eigenvalue weighted by atomic mass is 16.5. The zero-order valence-electron chi connectivity index (χ0n) is 17.4. The van der Waals surface area contributed by atoms with Gasteiger partial charge in [0.2, 0.25) is 5.91 Å². The number of carbonyl (C=O) groups excluding carboxylic acids is 2. The number of rotatable bonds is 3. The molecule has 6 rings (SSSR count). The number of carbonyl (C=O) groups is 2. The summed E-state index contributed by atoms with van der Waals surface area (Å²) in [6.07, 6.45) is 5.29. The number of ether oxygens (including phenoxy) is 2. The smallest absolute Gasteiger partial charge is 0.258 e. The molecule has 7 nitrogen and oxygen atoms in total. The van der Waals surface area contributed by atoms with Gasteiger partial charge in [-0.15, -0.1) is 0 Å². The first-order chi connectivity index (χ1) is 14.5. The van der Waals surface area contributed by atoms with E-state index in [4.69, 9.17) is 9.47 Å². The lowest BCUT2D eigenvalue weighted by Crippen LogP contribution is -2.67. The second-order valence-corrected chi connectivity index (χ2v) is 9.36. The van der Waals surface area contributed by atoms with E-state index in [0.717, 1.165) is 38.6 Å². The Hall–Kier alpha value is -2.28. The largest absolute Gasteiger partial charge is 0.497 e. The molecule has 3 aliphatic carbocycles. The fourth-order valence-corrected chi connectivity index (χ4v) is 6.07. The third-order valence-corrected chi connectivity index (χ3v) is 7.67. The third-order valence-electron chi connectivity index (χ3n) is 7.67. The Morgan fingerprint density at radius 3 is 2.97 bits per heavy atom. The summed E-state index contributed by atoms with van der Waals surface area (Å²) in [6, 6.07) is 5.28. The van der Waals surface area contributed by atoms with Crippen molar-refractivity contribution in [3.8, 4) is 11.5 Å². The fourth-order valence-electron chi connectivity index (χ4n) is 6.07. The molecular formula is C23H30N2O5. The van der Waals surface area contributed by atoms with Gasteiger partial charge in [-0.3, -0.25) is 9.59 Å². The number of nitrogens with one attached hydrogen (secondary N) is 1. The van der Waals surface area contributed by atoms with Gasteiger partial charge in [-0.05, 0) is 56.1 Å². The van der Waals surface area contributed by atoms with E-state index < -0.39 is 5.72 Å². The van der Waals surface area contributed by atoms with E-state index >= 15 is 0 Å². The summed E-state index contributed by atoms with van der Waals surface area (Å²) in [7, 11) is 1.60. The molecule has 7 heteroatoms. The molecule has 2 bridgehead atoms. The Labute approximate surface area is 176 Å². The molecule has 1 spiro atoms. The Morgan fingerprint density at radius 1 is 1.37 bits per heavy atom. The van der Waals surface area contributed by atoms with Crippen molar-refractivity contribution < 1.29 is 24.2 Å². The molecule has 5 aliphatic rings. The molecule has 2 aliphatic heterocycles. The normalized spacial score (nSPS) is 34.9. The van der Waals surface area contributed by atoms with Gasteiger partial charge in [-0.25, -0.2) is 0 Å². The summed E-state index contributed by atoms with van der Waals surface area (Å²) in [6.45, 7) is 1.59. The number of piperidine rings is 1. The van der Waals surface area contributed by atoms with Gasteiger partial charge < -0.3 is 24.8 Å². The molecule has 2 amide bonds. The number of amides is 2. The molecule has 1 aromatic rings. The van der Waals surface area contributed by atoms with E-state index in [0.29, 0.717) is 30.0 Å². The number of methoxy groups -OCH3 is 1. The molecule has 3 saturated carbocycles. The molecule has 4 fully saturated rings. The number of hydrogen-bond donors (Lipinski definition) is 2. The van der Waals surface area contributed by atoms with Gasteiger partial charge in [0.15, 0.2) is 5.72 Å². The molecule has 5 atom stereocenters. The summed E-state index contributed by atoms with van der Waals surface area (Å²) < 4.78 is 11.8. The van der Waals surface area contributed by atoms with Crippen LogP contribution in [0.2, 0.25) is 0 Å². The molecule has 2 heterocycles. The number of fused-ring (bicyclic) bond motifs is 3. The second kappa shape index (κ2) is 7.45. The Bertz CT molecular complexity index is 858. The minimum atomic E-state index is -0.730. The Morgan fingerprint density at radius 2 is 2.23 bits per heavy atom. The zero-order valence-corrected chi connectivity index (χ0v) is 17.4. The SMILES string of the molecule is COc1ccc2c(c1)O[C@]1(C[C@H]3CC[C@H]1C[C@H]3C(=O)N1CCC[C@H](CO)C1)NC2=O. The number of aliphatic hydroxyl groups is 1. The number of likely N-dealkylation sites (tertiary alicyclic amines) is 1. The third kappa shape index (κ3) is 3.14. The van der Waals surface area contributed by atoms with Crippen LogP contribution >= 0.6 is 0 Å². The lowest BCUT2D eigenvalue weighted by molar-refractivity contribution is -0.157. The molecule has 0 radical (unpaired) electrons. The maximum absolute atomic E-state index is 13.3. The lowest BCUT2D eigenvalue weighted by Gasteiger charge is -2.55. The minimum absolute atomic E-state index is 0.0148. The quantitative estimate of drug-likeness (QED) is 0.792. The number of hydrogen-bond acceptors (Lipinski definition) is 5. The van der Waals surface area contributed by atoms with Crippen LogP contribution in [0, 0.1) is 23.7 Å². The van der Waals surface area contributed by atoms with Crippen LogP contribution in [0.3, 0.4) is 0 Å². The van der Waals surface area contributed by atoms with Gasteiger partial charge in [0.05, 0.1) is 12.7 Å². The van der Waals surface area contributed by atoms with Crippen LogP contribution < -0.4 is 14.8 Å². The van der Waals surface area contributed by atoms with E-state index in [-0.39, 0.29) is 42.1 Å². The molecule has 1 saturated heterocycles. The predicted molar refractivity (Wildman–Crippen MR) is 109 cm³/mol. The highest BCUT2D eigenvalue weighted by Gasteiger charge is 2.57. The van der Waals surface area contributed by atoms with Gasteiger partial charge in [0.1, 0.15) is 11.5 Å². The predicted octanol–water partition coefficient (Wildman–Crippen LogP) is 2.18. The molecule has 0 aromatic heterocycles. The average Bonchev–Trinajstić information content (AvgIpc) is 2.78. The van der Waals surface area contributed by atoms with Crippen molar-refractivity contribution in [2.24, 2.45) is 23.7 Å². The van der Waals surface area contributed by atoms with Crippen molar-refractivity contribution in [3.63, 3.8) is 0 Å². The Balaban J connectivity index is 1.35. The number of benzene rings is 1. The topological polar surface area (TPSA) is 88.1 Å². The summed E-state index contributed by atoms with van der Waals surface area (Å²) in [5.41, 5.74) is -0.204. The zero-order chi connectivity index (χ0) is 20.9. The van der Waals surface area contributed by atoms with Crippen LogP contribution in [0.1, 0.15) is 48.9 Å². The van der Waals surface area contributed by atoms with Crippen molar-refractivity contribution in [2.45, 2.75) is 44.2 Å². The molecule has 0 unspecified atom stereocenters. The van der Waals surface area contributed by atoms with Crippen LogP contribution in [0.25, 0.3) is 0 Å². The van der Waals surface area contributed by atoms with Crippen LogP contribution in [0.5, 0.6) is 11.5 Å². The standard InChI is InChI=1S/C23H30N2O5/c1-29-17-6-7-18-20(10-17)30-23(24-21(18)27)11-15-4-5-16(23)9-19(15)22(28)25-8-2-3-14(12-25)13-26/h6-7,10,14-16,19,26H,2-5,8-9,11-13H2,1H3,(H,24,27)/t14-,15+,16-,19+,23-/m0/s1. The fraction of sp³-hybridized carbons (Fsp3) is 0.652. The van der Waals surface area contributed by atoms with Gasteiger partial charge in [0, 0.05) is 44.0 Å². The highest BCUT2D eigenvalue weighted by Crippen LogP contribution is 2.53. The number of nitrogens with zero attached hydrogens (tertiary/aromatic N) is 1. The van der Waals surface area contributed by atoms with Crippen molar-refractivity contribution >= 4 is 11.8 Å². The van der Waals surface area contributed by atoms with Crippen molar-refractivity contribution in [1.82, 2.24) is 10.2 Å². The molecule has 30 heavy (non-hydrogen) atoms. The van der Waals surface area contributed by atoms with E-state index in [1.807, 2.05) is 4.90 Å². The van der Waals surface area contributed by atoms with E-state index in [1.54, 1.807) is 25.3 Å². The van der Waals surface area contributed by atoms with Crippen molar-refractivity contribution in [1.29, 1.82) is 0 Å². The van der Waals surface area contributed by atoms with E-state index in [1.165, 1.54) is 0 Å². The van der Waals surface area contributed by atoms with Crippen molar-refractivity contribution in [2.75, 3.05) is 26.8 Å². The van der Waals surface area contributed by atoms with Crippen LogP contribution in [0.4, 0.5) is 0 Å². The monoisotopic (exact) mass is 414 g/mol. The Kier molecular flexibility index (Phi) is 4.88. The van der Waals surface area contributed by atoms with Crippen LogP contribution in [-0.2, 0) is 4.79 Å². The molecule has 162 valence electrons. The number of aliphatic hydroxyl groups excluding tert-OH is 1. The summed E-state index contributed by atoms with van der Waals surface area (Å²) in [5, 5.41) is 12.7. The molecule has 1 aromatic carbocycles. The van der Waals surface area contributed by atoms with Gasteiger partial charge >= 0.3 is 0 Å². The van der Waals surface area contributed by atoms with Crippen LogP contribution in [-0.4, -0.2) is 54.4 Å². The molecular weight excluding hydrogens is 384 g/mol. The minimum Gasteiger partial charge on any atom is -0.497 e.